The highest BCUT2D eigenvalue weighted by Gasteiger charge is 2.23. The summed E-state index contributed by atoms with van der Waals surface area (Å²) in [5.74, 6) is 1.76. The van der Waals surface area contributed by atoms with E-state index in [2.05, 4.69) is 223 Å². The average Bonchev–Trinajstić information content (AvgIpc) is 3.98. The molecule has 5 nitrogen and oxygen atoms in total. The molecule has 0 aliphatic carbocycles. The third-order valence-corrected chi connectivity index (χ3v) is 13.1. The van der Waals surface area contributed by atoms with E-state index in [0.29, 0.717) is 17.5 Å². The first-order valence-corrected chi connectivity index (χ1v) is 22.9. The molecule has 0 aliphatic rings. The van der Waals surface area contributed by atoms with Crippen LogP contribution in [-0.2, 0) is 0 Å². The molecule has 0 aliphatic heterocycles. The molecular weight excluding hydrogens is 829 g/mol. The van der Waals surface area contributed by atoms with Gasteiger partial charge in [0, 0.05) is 43.9 Å². The zero-order valence-electron chi connectivity index (χ0n) is 36.8. The quantitative estimate of drug-likeness (QED) is 0.153. The van der Waals surface area contributed by atoms with Gasteiger partial charge in [0.1, 0.15) is 5.58 Å². The van der Waals surface area contributed by atoms with Crippen molar-refractivity contribution in [3.8, 4) is 84.4 Å². The molecule has 3 heterocycles. The average molecular weight is 869 g/mol. The summed E-state index contributed by atoms with van der Waals surface area (Å²) in [4.78, 5) is 15.7. The van der Waals surface area contributed by atoms with Gasteiger partial charge in [-0.25, -0.2) is 15.0 Å². The number of furan rings is 1. The van der Waals surface area contributed by atoms with Gasteiger partial charge in [-0.1, -0.05) is 206 Å². The molecule has 0 N–H and O–H groups in total. The number of hydrogen-bond acceptors (Lipinski definition) is 4. The first-order chi connectivity index (χ1) is 33.7. The largest absolute Gasteiger partial charge is 0.454 e. The molecule has 0 fully saturated rings. The maximum atomic E-state index is 7.05. The van der Waals surface area contributed by atoms with Crippen LogP contribution in [-0.4, -0.2) is 19.5 Å². The first kappa shape index (κ1) is 39.2. The van der Waals surface area contributed by atoms with Crippen molar-refractivity contribution in [3.63, 3.8) is 0 Å². The van der Waals surface area contributed by atoms with E-state index >= 15 is 0 Å². The summed E-state index contributed by atoms with van der Waals surface area (Å²) in [5, 5.41) is 4.22. The van der Waals surface area contributed by atoms with Crippen molar-refractivity contribution in [1.82, 2.24) is 19.5 Å². The molecule has 318 valence electrons. The van der Waals surface area contributed by atoms with Crippen molar-refractivity contribution in [3.05, 3.63) is 243 Å². The Balaban J connectivity index is 0.984. The Kier molecular flexibility index (Phi) is 9.43. The van der Waals surface area contributed by atoms with Crippen LogP contribution in [0.25, 0.3) is 128 Å². The Morgan fingerprint density at radius 3 is 1.46 bits per heavy atom. The lowest BCUT2D eigenvalue weighted by molar-refractivity contribution is 0.671. The molecule has 0 amide bonds. The van der Waals surface area contributed by atoms with Crippen molar-refractivity contribution in [2.75, 3.05) is 0 Å². The van der Waals surface area contributed by atoms with Gasteiger partial charge in [-0.2, -0.15) is 0 Å². The van der Waals surface area contributed by atoms with E-state index in [1.807, 2.05) is 24.3 Å². The van der Waals surface area contributed by atoms with Gasteiger partial charge in [-0.05, 0) is 80.9 Å². The molecule has 0 atom stereocenters. The van der Waals surface area contributed by atoms with Gasteiger partial charge in [0.15, 0.2) is 23.1 Å². The standard InChI is InChI=1S/C63H40N4O/c1-4-15-41(16-5-1)44-29-31-46(32-30-44)49-22-13-24-51(40-49)67-56-27-11-10-25-52(56)53-37-38-54-58-55(26-14-28-57(58)68-60(54)59(53)67)63-65-61(47-35-33-45(34-36-47)42-17-6-2-7-18-42)64-62(66-63)50-23-12-21-48(39-50)43-19-8-3-9-20-43/h1-40H. The van der Waals surface area contributed by atoms with Gasteiger partial charge >= 0.3 is 0 Å². The summed E-state index contributed by atoms with van der Waals surface area (Å²) in [6.45, 7) is 0. The summed E-state index contributed by atoms with van der Waals surface area (Å²) < 4.78 is 9.40. The van der Waals surface area contributed by atoms with Gasteiger partial charge in [-0.3, -0.25) is 0 Å². The lowest BCUT2D eigenvalue weighted by Crippen LogP contribution is -2.00. The SMILES string of the molecule is c1ccc(-c2ccc(-c3cccc(-n4c5ccccc5c5ccc6c(oc7cccc(-c8nc(-c9ccc(-c%10ccccc%10)cc9)nc(-c9cccc(-c%10ccccc%10)c9)n8)c76)c54)c3)cc2)cc1. The molecule has 13 aromatic rings. The van der Waals surface area contributed by atoms with E-state index in [1.165, 1.54) is 11.1 Å². The zero-order chi connectivity index (χ0) is 45.0. The third-order valence-electron chi connectivity index (χ3n) is 13.1. The number of para-hydroxylation sites is 1. The van der Waals surface area contributed by atoms with E-state index in [9.17, 15) is 0 Å². The van der Waals surface area contributed by atoms with Crippen LogP contribution in [0.3, 0.4) is 0 Å². The number of hydrogen-bond donors (Lipinski definition) is 0. The highest BCUT2D eigenvalue weighted by molar-refractivity contribution is 6.23. The number of nitrogens with zero attached hydrogens (tertiary/aromatic N) is 4. The van der Waals surface area contributed by atoms with Crippen LogP contribution in [0.4, 0.5) is 0 Å². The maximum Gasteiger partial charge on any atom is 0.164 e. The fourth-order valence-corrected chi connectivity index (χ4v) is 9.76. The Morgan fingerprint density at radius 1 is 0.309 bits per heavy atom. The van der Waals surface area contributed by atoms with E-state index in [0.717, 1.165) is 99.5 Å². The molecular formula is C63H40N4O. The maximum absolute atomic E-state index is 7.05. The van der Waals surface area contributed by atoms with Crippen LogP contribution in [0, 0.1) is 0 Å². The minimum Gasteiger partial charge on any atom is -0.454 e. The number of fused-ring (bicyclic) bond motifs is 7. The topological polar surface area (TPSA) is 56.7 Å². The zero-order valence-corrected chi connectivity index (χ0v) is 36.8. The second kappa shape index (κ2) is 16.4. The first-order valence-electron chi connectivity index (χ1n) is 22.9. The van der Waals surface area contributed by atoms with Crippen molar-refractivity contribution in [2.24, 2.45) is 0 Å². The number of benzene rings is 10. The van der Waals surface area contributed by atoms with Crippen LogP contribution >= 0.6 is 0 Å². The van der Waals surface area contributed by atoms with Gasteiger partial charge in [0.25, 0.3) is 0 Å². The summed E-state index contributed by atoms with van der Waals surface area (Å²) in [7, 11) is 0. The molecule has 5 heteroatoms. The van der Waals surface area contributed by atoms with Crippen molar-refractivity contribution in [2.45, 2.75) is 0 Å². The third kappa shape index (κ3) is 6.84. The van der Waals surface area contributed by atoms with Gasteiger partial charge in [-0.15, -0.1) is 0 Å². The second-order valence-corrected chi connectivity index (χ2v) is 17.2. The Labute approximate surface area is 392 Å². The van der Waals surface area contributed by atoms with Gasteiger partial charge in [0.05, 0.1) is 11.0 Å². The van der Waals surface area contributed by atoms with E-state index in [-0.39, 0.29) is 0 Å². The summed E-state index contributed by atoms with van der Waals surface area (Å²) >= 11 is 0. The molecule has 0 saturated heterocycles. The normalized spacial score (nSPS) is 11.5. The molecule has 68 heavy (non-hydrogen) atoms. The molecule has 0 radical (unpaired) electrons. The monoisotopic (exact) mass is 868 g/mol. The van der Waals surface area contributed by atoms with E-state index in [1.54, 1.807) is 0 Å². The highest BCUT2D eigenvalue weighted by atomic mass is 16.3. The fourth-order valence-electron chi connectivity index (χ4n) is 9.76. The summed E-state index contributed by atoms with van der Waals surface area (Å²) in [6.07, 6.45) is 0. The number of aromatic nitrogens is 4. The smallest absolute Gasteiger partial charge is 0.164 e. The minimum atomic E-state index is 0.571. The van der Waals surface area contributed by atoms with Gasteiger partial charge < -0.3 is 8.98 Å². The molecule has 3 aromatic heterocycles. The highest BCUT2D eigenvalue weighted by Crippen LogP contribution is 2.43. The summed E-state index contributed by atoms with van der Waals surface area (Å²) in [6, 6.07) is 85.1. The summed E-state index contributed by atoms with van der Waals surface area (Å²) in [5.41, 5.74) is 16.6. The Bertz CT molecular complexity index is 3990. The van der Waals surface area contributed by atoms with Crippen LogP contribution in [0.15, 0.2) is 247 Å². The Hall–Kier alpha value is -9.19. The van der Waals surface area contributed by atoms with Crippen LogP contribution in [0.5, 0.6) is 0 Å². The molecule has 0 spiro atoms. The lowest BCUT2D eigenvalue weighted by Gasteiger charge is -2.11. The van der Waals surface area contributed by atoms with Crippen LogP contribution < -0.4 is 0 Å². The fraction of sp³-hybridized carbons (Fsp3) is 0. The Morgan fingerprint density at radius 2 is 0.779 bits per heavy atom. The van der Waals surface area contributed by atoms with E-state index < -0.39 is 0 Å². The molecule has 0 bridgehead atoms. The van der Waals surface area contributed by atoms with Crippen LogP contribution in [0.1, 0.15) is 0 Å². The van der Waals surface area contributed by atoms with Crippen LogP contribution in [0.2, 0.25) is 0 Å². The van der Waals surface area contributed by atoms with Crippen molar-refractivity contribution < 1.29 is 4.42 Å². The number of rotatable bonds is 8. The molecule has 0 saturated carbocycles. The van der Waals surface area contributed by atoms with Crippen molar-refractivity contribution in [1.29, 1.82) is 0 Å². The predicted octanol–water partition coefficient (Wildman–Crippen LogP) is 16.5. The molecule has 10 aromatic carbocycles. The molecule has 0 unspecified atom stereocenters. The lowest BCUT2D eigenvalue weighted by atomic mass is 10.00. The van der Waals surface area contributed by atoms with E-state index in [4.69, 9.17) is 19.4 Å². The predicted molar refractivity (Wildman–Crippen MR) is 279 cm³/mol. The second-order valence-electron chi connectivity index (χ2n) is 17.2. The van der Waals surface area contributed by atoms with Gasteiger partial charge in [0.2, 0.25) is 0 Å². The van der Waals surface area contributed by atoms with Crippen molar-refractivity contribution >= 4 is 43.7 Å². The minimum absolute atomic E-state index is 0.571. The molecule has 13 rings (SSSR count).